The van der Waals surface area contributed by atoms with Crippen LogP contribution < -0.4 is 20.1 Å². The minimum atomic E-state index is -0.216. The summed E-state index contributed by atoms with van der Waals surface area (Å²) in [6.07, 6.45) is 8.05. The Kier molecular flexibility index (Phi) is 6.51. The molecular formula is C22H22N2O3S. The van der Waals surface area contributed by atoms with Gasteiger partial charge in [0.15, 0.2) is 17.0 Å². The zero-order valence-corrected chi connectivity index (χ0v) is 16.6. The maximum absolute atomic E-state index is 12.3. The van der Waals surface area contributed by atoms with E-state index >= 15 is 0 Å². The summed E-state index contributed by atoms with van der Waals surface area (Å²) in [7, 11) is 1.57. The van der Waals surface area contributed by atoms with Gasteiger partial charge in [0.2, 0.25) is 0 Å². The molecule has 0 radical (unpaired) electrons. The minimum absolute atomic E-state index is 0.112. The van der Waals surface area contributed by atoms with Gasteiger partial charge in [0, 0.05) is 5.69 Å². The predicted molar refractivity (Wildman–Crippen MR) is 114 cm³/mol. The largest absolute Gasteiger partial charge is 0.493 e. The first-order valence-corrected chi connectivity index (χ1v) is 9.80. The lowest BCUT2D eigenvalue weighted by molar-refractivity contribution is -0.116. The van der Waals surface area contributed by atoms with Crippen LogP contribution in [0.25, 0.3) is 6.08 Å². The summed E-state index contributed by atoms with van der Waals surface area (Å²) in [6, 6.07) is 13.7. The number of hydrogen-bond donors (Lipinski definition) is 2. The number of thioether (sulfide) groups is 1. The minimum Gasteiger partial charge on any atom is -0.493 e. The van der Waals surface area contributed by atoms with Crippen molar-refractivity contribution in [2.75, 3.05) is 19.0 Å². The molecule has 1 amide bonds. The number of ether oxygens (including phenoxy) is 2. The summed E-state index contributed by atoms with van der Waals surface area (Å²) in [5, 5.41) is 6.26. The summed E-state index contributed by atoms with van der Waals surface area (Å²) >= 11 is 1.44. The number of hydrogen-bond acceptors (Lipinski definition) is 5. The highest BCUT2D eigenvalue weighted by Gasteiger charge is 2.27. The maximum Gasteiger partial charge on any atom is 0.260 e. The lowest BCUT2D eigenvalue weighted by atomic mass is 10.1. The van der Waals surface area contributed by atoms with E-state index in [0.717, 1.165) is 17.7 Å². The number of carbonyl (C=O) groups is 1. The summed E-state index contributed by atoms with van der Waals surface area (Å²) in [4.78, 5) is 13.0. The molecule has 0 spiro atoms. The van der Waals surface area contributed by atoms with Crippen molar-refractivity contribution in [1.29, 1.82) is 0 Å². The van der Waals surface area contributed by atoms with Gasteiger partial charge in [-0.1, -0.05) is 42.8 Å². The predicted octanol–water partition coefficient (Wildman–Crippen LogP) is 3.87. The number of rotatable bonds is 7. The molecule has 144 valence electrons. The Balaban J connectivity index is 1.70. The molecule has 28 heavy (non-hydrogen) atoms. The van der Waals surface area contributed by atoms with E-state index in [1.165, 1.54) is 17.3 Å². The Morgan fingerprint density at radius 2 is 2.04 bits per heavy atom. The zero-order valence-electron chi connectivity index (χ0n) is 15.8. The van der Waals surface area contributed by atoms with Gasteiger partial charge in [0.05, 0.1) is 12.0 Å². The van der Waals surface area contributed by atoms with Crippen LogP contribution in [0.5, 0.6) is 11.5 Å². The van der Waals surface area contributed by atoms with E-state index in [1.54, 1.807) is 13.2 Å². The number of anilines is 1. The number of benzene rings is 2. The molecule has 6 heteroatoms. The average Bonchev–Trinajstić information content (AvgIpc) is 3.06. The Morgan fingerprint density at radius 3 is 2.71 bits per heavy atom. The van der Waals surface area contributed by atoms with Gasteiger partial charge in [-0.25, -0.2) is 0 Å². The fourth-order valence-corrected chi connectivity index (χ4v) is 3.70. The van der Waals surface area contributed by atoms with Gasteiger partial charge in [0.1, 0.15) is 6.61 Å². The zero-order chi connectivity index (χ0) is 19.9. The van der Waals surface area contributed by atoms with Crippen LogP contribution in [0, 0.1) is 12.3 Å². The van der Waals surface area contributed by atoms with Gasteiger partial charge in [0.25, 0.3) is 5.91 Å². The molecule has 3 rings (SSSR count). The van der Waals surface area contributed by atoms with Crippen LogP contribution in [-0.2, 0) is 11.2 Å². The summed E-state index contributed by atoms with van der Waals surface area (Å²) in [5.74, 6) is 3.45. The van der Waals surface area contributed by atoms with Crippen LogP contribution in [0.1, 0.15) is 18.1 Å². The third-order valence-corrected chi connectivity index (χ3v) is 5.22. The molecule has 1 aliphatic heterocycles. The van der Waals surface area contributed by atoms with Crippen LogP contribution in [0.2, 0.25) is 0 Å². The second-order valence-corrected chi connectivity index (χ2v) is 7.22. The van der Waals surface area contributed by atoms with Gasteiger partial charge < -0.3 is 20.1 Å². The van der Waals surface area contributed by atoms with Crippen molar-refractivity contribution in [3.8, 4) is 23.8 Å². The van der Waals surface area contributed by atoms with E-state index in [2.05, 4.69) is 35.6 Å². The molecule has 1 heterocycles. The van der Waals surface area contributed by atoms with Crippen LogP contribution in [0.4, 0.5) is 5.69 Å². The molecule has 0 aliphatic carbocycles. The maximum atomic E-state index is 12.3. The van der Waals surface area contributed by atoms with Gasteiger partial charge in [-0.15, -0.1) is 6.42 Å². The van der Waals surface area contributed by atoms with Crippen molar-refractivity contribution in [2.24, 2.45) is 0 Å². The van der Waals surface area contributed by atoms with E-state index in [9.17, 15) is 4.79 Å². The van der Waals surface area contributed by atoms with Crippen molar-refractivity contribution in [3.05, 3.63) is 58.5 Å². The molecule has 1 aliphatic rings. The standard InChI is InChI=1S/C22H22N2O3S/c1-4-12-27-18-11-8-16(13-19(18)26-3)14-20-21(25)24-22(28-20)23-17-9-6-15(5-2)7-10-17/h1,6-11,13-14,22-23H,5,12H2,2-3H3,(H,24,25)/b20-14-/t22-/m1/s1. The Labute approximate surface area is 169 Å². The van der Waals surface area contributed by atoms with E-state index in [4.69, 9.17) is 15.9 Å². The van der Waals surface area contributed by atoms with Gasteiger partial charge in [-0.05, 0) is 47.9 Å². The molecule has 2 N–H and O–H groups in total. The third kappa shape index (κ3) is 4.81. The van der Waals surface area contributed by atoms with E-state index in [1.807, 2.05) is 30.3 Å². The van der Waals surface area contributed by atoms with Crippen molar-refractivity contribution in [1.82, 2.24) is 5.32 Å². The molecule has 0 saturated carbocycles. The Morgan fingerprint density at radius 1 is 1.25 bits per heavy atom. The second-order valence-electron chi connectivity index (χ2n) is 6.08. The first-order chi connectivity index (χ1) is 13.6. The fraction of sp³-hybridized carbons (Fsp3) is 0.227. The number of nitrogens with one attached hydrogen (secondary N) is 2. The van der Waals surface area contributed by atoms with Crippen LogP contribution in [-0.4, -0.2) is 25.1 Å². The number of carbonyl (C=O) groups excluding carboxylic acids is 1. The van der Waals surface area contributed by atoms with Gasteiger partial charge in [-0.3, -0.25) is 4.79 Å². The van der Waals surface area contributed by atoms with Crippen molar-refractivity contribution >= 4 is 29.4 Å². The highest BCUT2D eigenvalue weighted by atomic mass is 32.2. The lowest BCUT2D eigenvalue weighted by Crippen LogP contribution is -2.30. The summed E-state index contributed by atoms with van der Waals surface area (Å²) in [5.41, 5.74) is 2.87. The van der Waals surface area contributed by atoms with Crippen LogP contribution >= 0.6 is 11.8 Å². The van der Waals surface area contributed by atoms with Crippen LogP contribution in [0.15, 0.2) is 47.4 Å². The number of amides is 1. The average molecular weight is 394 g/mol. The van der Waals surface area contributed by atoms with Crippen molar-refractivity contribution < 1.29 is 14.3 Å². The second kappa shape index (κ2) is 9.25. The van der Waals surface area contributed by atoms with Gasteiger partial charge >= 0.3 is 0 Å². The normalized spacial score (nSPS) is 17.1. The molecule has 1 fully saturated rings. The Hall–Kier alpha value is -3.04. The quantitative estimate of drug-likeness (QED) is 0.551. The monoisotopic (exact) mass is 394 g/mol. The first kappa shape index (κ1) is 19.7. The molecule has 0 aromatic heterocycles. The highest BCUT2D eigenvalue weighted by molar-refractivity contribution is 8.05. The van der Waals surface area contributed by atoms with E-state index < -0.39 is 0 Å². The van der Waals surface area contributed by atoms with E-state index in [-0.39, 0.29) is 18.0 Å². The van der Waals surface area contributed by atoms with E-state index in [0.29, 0.717) is 16.4 Å². The molecule has 2 aromatic rings. The molecule has 0 unspecified atom stereocenters. The molecule has 1 saturated heterocycles. The fourth-order valence-electron chi connectivity index (χ4n) is 2.72. The molecule has 5 nitrogen and oxygen atoms in total. The summed E-state index contributed by atoms with van der Waals surface area (Å²) in [6.45, 7) is 2.29. The molecule has 2 aromatic carbocycles. The number of aryl methyl sites for hydroxylation is 1. The molecule has 0 bridgehead atoms. The van der Waals surface area contributed by atoms with Gasteiger partial charge in [-0.2, -0.15) is 0 Å². The number of terminal acetylenes is 1. The summed E-state index contributed by atoms with van der Waals surface area (Å²) < 4.78 is 10.8. The van der Waals surface area contributed by atoms with Crippen molar-refractivity contribution in [3.63, 3.8) is 0 Å². The van der Waals surface area contributed by atoms with Crippen molar-refractivity contribution in [2.45, 2.75) is 18.8 Å². The molecular weight excluding hydrogens is 372 g/mol. The lowest BCUT2D eigenvalue weighted by Gasteiger charge is -2.13. The smallest absolute Gasteiger partial charge is 0.260 e. The van der Waals surface area contributed by atoms with Crippen LogP contribution in [0.3, 0.4) is 0 Å². The SMILES string of the molecule is C#CCOc1ccc(/C=C2\S[C@H](Nc3ccc(CC)cc3)NC2=O)cc1OC. The highest BCUT2D eigenvalue weighted by Crippen LogP contribution is 2.33. The molecule has 1 atom stereocenters. The first-order valence-electron chi connectivity index (χ1n) is 8.92. The Bertz CT molecular complexity index is 916. The number of methoxy groups -OCH3 is 1. The third-order valence-electron chi connectivity index (χ3n) is 4.19. The topological polar surface area (TPSA) is 59.6 Å².